The fourth-order valence-corrected chi connectivity index (χ4v) is 11.4. The molecule has 0 bridgehead atoms. The maximum atomic E-state index is 16.8. The van der Waals surface area contributed by atoms with E-state index >= 15 is 4.39 Å². The van der Waals surface area contributed by atoms with Gasteiger partial charge in [0, 0.05) is 25.2 Å². The van der Waals surface area contributed by atoms with Crippen molar-refractivity contribution in [3.05, 3.63) is 83.8 Å². The summed E-state index contributed by atoms with van der Waals surface area (Å²) in [4.78, 5) is 21.1. The van der Waals surface area contributed by atoms with Gasteiger partial charge in [0.1, 0.15) is 0 Å². The molecule has 2 saturated heterocycles. The summed E-state index contributed by atoms with van der Waals surface area (Å²) in [6, 6.07) is 22.5. The Bertz CT molecular complexity index is 1590. The van der Waals surface area contributed by atoms with Crippen molar-refractivity contribution in [1.29, 1.82) is 0 Å². The van der Waals surface area contributed by atoms with Crippen LogP contribution in [0.2, 0.25) is 5.04 Å². The second-order valence-electron chi connectivity index (χ2n) is 13.2. The average molecular weight is 632 g/mol. The zero-order valence-corrected chi connectivity index (χ0v) is 27.7. The highest BCUT2D eigenvalue weighted by molar-refractivity contribution is 6.99. The largest absolute Gasteiger partial charge is 0.403 e. The van der Waals surface area contributed by atoms with Crippen LogP contribution in [-0.4, -0.2) is 62.9 Å². The van der Waals surface area contributed by atoms with Crippen LogP contribution in [0.4, 0.5) is 10.1 Å². The summed E-state index contributed by atoms with van der Waals surface area (Å²) in [6.07, 6.45) is 1.50. The van der Waals surface area contributed by atoms with Crippen LogP contribution in [0.25, 0.3) is 11.0 Å². The second-order valence-corrected chi connectivity index (χ2v) is 17.5. The van der Waals surface area contributed by atoms with Gasteiger partial charge in [0.15, 0.2) is 11.5 Å². The van der Waals surface area contributed by atoms with Crippen molar-refractivity contribution in [2.75, 3.05) is 31.1 Å². The Morgan fingerprint density at radius 3 is 2.18 bits per heavy atom. The van der Waals surface area contributed by atoms with Gasteiger partial charge in [0.25, 0.3) is 14.2 Å². The number of nitrogens with zero attached hydrogens (tertiary/aromatic N) is 3. The van der Waals surface area contributed by atoms with Gasteiger partial charge in [-0.05, 0) is 48.2 Å². The molecule has 3 aromatic carbocycles. The first-order valence-corrected chi connectivity index (χ1v) is 17.7. The van der Waals surface area contributed by atoms with Gasteiger partial charge in [-0.15, -0.1) is 0 Å². The molecule has 2 fully saturated rings. The number of hydrogen-bond donors (Lipinski definition) is 0. The molecule has 1 amide bonds. The van der Waals surface area contributed by atoms with Gasteiger partial charge < -0.3 is 18.6 Å². The number of carbonyl (C=O) groups excluding carboxylic acids is 1. The molecule has 3 heterocycles. The van der Waals surface area contributed by atoms with Crippen molar-refractivity contribution >= 4 is 41.3 Å². The zero-order valence-electron chi connectivity index (χ0n) is 26.7. The zero-order chi connectivity index (χ0) is 31.8. The predicted molar refractivity (Wildman–Crippen MR) is 175 cm³/mol. The minimum atomic E-state index is -2.96. The Kier molecular flexibility index (Phi) is 8.84. The van der Waals surface area contributed by atoms with E-state index in [0.717, 1.165) is 23.2 Å². The Labute approximate surface area is 265 Å². The van der Waals surface area contributed by atoms with Gasteiger partial charge in [-0.3, -0.25) is 9.63 Å². The lowest BCUT2D eigenvalue weighted by atomic mass is 10.0. The van der Waals surface area contributed by atoms with Gasteiger partial charge in [-0.25, -0.2) is 9.45 Å². The molecular weight excluding hydrogens is 589 g/mol. The van der Waals surface area contributed by atoms with Gasteiger partial charge in [-0.2, -0.15) is 0 Å². The fraction of sp³-hybridized carbons (Fsp3) is 0.429. The molecule has 10 heteroatoms. The monoisotopic (exact) mass is 631 g/mol. The molecule has 0 spiro atoms. The van der Waals surface area contributed by atoms with Crippen molar-refractivity contribution in [2.24, 2.45) is 0 Å². The van der Waals surface area contributed by atoms with Crippen LogP contribution in [0.5, 0.6) is 0 Å². The van der Waals surface area contributed by atoms with E-state index in [4.69, 9.17) is 18.5 Å². The summed E-state index contributed by atoms with van der Waals surface area (Å²) >= 11 is 0. The Morgan fingerprint density at radius 1 is 1.00 bits per heavy atom. The number of anilines is 1. The maximum Gasteiger partial charge on any atom is 0.300 e. The number of fused-ring (bicyclic) bond motifs is 1. The Hall–Kier alpha value is -3.57. The first-order chi connectivity index (χ1) is 21.6. The summed E-state index contributed by atoms with van der Waals surface area (Å²) in [7, 11) is -2.96. The van der Waals surface area contributed by atoms with E-state index < -0.39 is 20.0 Å². The van der Waals surface area contributed by atoms with Crippen LogP contribution in [0.1, 0.15) is 63.5 Å². The van der Waals surface area contributed by atoms with Crippen LogP contribution in [0.3, 0.4) is 0 Å². The van der Waals surface area contributed by atoms with Gasteiger partial charge in [0.2, 0.25) is 5.58 Å². The summed E-state index contributed by atoms with van der Waals surface area (Å²) in [5.74, 6) is -0.992. The quantitative estimate of drug-likeness (QED) is 0.238. The smallest absolute Gasteiger partial charge is 0.300 e. The number of morpholine rings is 1. The third-order valence-corrected chi connectivity index (χ3v) is 13.8. The Balaban J connectivity index is 1.50. The van der Waals surface area contributed by atoms with Gasteiger partial charge >= 0.3 is 0 Å². The van der Waals surface area contributed by atoms with E-state index in [1.54, 1.807) is 0 Å². The topological polar surface area (TPSA) is 77.3 Å². The van der Waals surface area contributed by atoms with Crippen LogP contribution in [0, 0.1) is 5.82 Å². The molecule has 238 valence electrons. The molecule has 0 unspecified atom stereocenters. The minimum Gasteiger partial charge on any atom is -0.403 e. The third kappa shape index (κ3) is 5.92. The first-order valence-electron chi connectivity index (χ1n) is 15.8. The summed E-state index contributed by atoms with van der Waals surface area (Å²) in [5.41, 5.74) is 1.01. The molecule has 0 radical (unpaired) electrons. The molecule has 1 aromatic heterocycles. The number of halogens is 1. The molecule has 2 aliphatic heterocycles. The van der Waals surface area contributed by atoms with Gasteiger partial charge in [0.05, 0.1) is 36.5 Å². The third-order valence-electron chi connectivity index (χ3n) is 8.79. The molecule has 2 atom stereocenters. The molecule has 6 rings (SSSR count). The van der Waals surface area contributed by atoms with E-state index in [2.05, 4.69) is 50.2 Å². The highest BCUT2D eigenvalue weighted by atomic mass is 28.4. The molecule has 0 saturated carbocycles. The van der Waals surface area contributed by atoms with Crippen LogP contribution >= 0.6 is 0 Å². The predicted octanol–water partition coefficient (Wildman–Crippen LogP) is 5.82. The van der Waals surface area contributed by atoms with E-state index in [9.17, 15) is 4.79 Å². The lowest BCUT2D eigenvalue weighted by molar-refractivity contribution is -0.144. The number of carbonyl (C=O) groups is 1. The molecule has 0 N–H and O–H groups in total. The number of hydrogen-bond acceptors (Lipinski definition) is 7. The highest BCUT2D eigenvalue weighted by Gasteiger charge is 2.50. The van der Waals surface area contributed by atoms with Crippen molar-refractivity contribution in [1.82, 2.24) is 10.2 Å². The molecule has 0 aliphatic carbocycles. The Morgan fingerprint density at radius 2 is 1.62 bits per heavy atom. The minimum absolute atomic E-state index is 0.0350. The average Bonchev–Trinajstić information content (AvgIpc) is 3.46. The molecule has 45 heavy (non-hydrogen) atoms. The fourth-order valence-electron chi connectivity index (χ4n) is 6.87. The molecule has 8 nitrogen and oxygen atoms in total. The normalized spacial score (nSPS) is 19.7. The number of amides is 1. The van der Waals surface area contributed by atoms with Crippen molar-refractivity contribution in [3.63, 3.8) is 0 Å². The number of hydroxylamine groups is 2. The lowest BCUT2D eigenvalue weighted by Crippen LogP contribution is -2.66. The number of rotatable bonds is 7. The highest BCUT2D eigenvalue weighted by Crippen LogP contribution is 2.40. The number of aromatic nitrogens is 1. The van der Waals surface area contributed by atoms with Crippen molar-refractivity contribution in [2.45, 2.75) is 71.3 Å². The first kappa shape index (κ1) is 31.4. The van der Waals surface area contributed by atoms with E-state index in [-0.39, 0.29) is 35.1 Å². The molecular formula is C35H42FN3O5Si. The van der Waals surface area contributed by atoms with Crippen LogP contribution in [0.15, 0.2) is 71.3 Å². The lowest BCUT2D eigenvalue weighted by Gasteiger charge is -2.43. The summed E-state index contributed by atoms with van der Waals surface area (Å²) < 4.78 is 35.6. The molecule has 4 aromatic rings. The SMILES string of the molecule is C[C@@H]1CN(c2c(CO[Si](c3ccccc3)(c3ccccc3)C(C)(C)C)cc3c(C(=O)N4CCCCO4)noc3c2F)C[C@H](C)O1. The number of ether oxygens (including phenoxy) is 1. The standard InChI is InChI=1S/C35H42FN3O5Si/c1-24-21-38(22-25(2)43-24)32-26(20-29-31(37-44-33(29)30(32)36)34(40)39-18-12-13-19-41-39)23-42-45(35(3,4)5,27-14-8-6-9-15-27)28-16-10-7-11-17-28/h6-11,14-17,20,24-25H,12-13,18-19,21-23H2,1-5H3/t24-,25+. The van der Waals surface area contributed by atoms with Crippen LogP contribution < -0.4 is 15.3 Å². The summed E-state index contributed by atoms with van der Waals surface area (Å²) in [6.45, 7) is 12.6. The van der Waals surface area contributed by atoms with E-state index in [0.29, 0.717) is 42.9 Å². The van der Waals surface area contributed by atoms with Gasteiger partial charge in [-0.1, -0.05) is 86.6 Å². The maximum absolute atomic E-state index is 16.8. The van der Waals surface area contributed by atoms with Crippen molar-refractivity contribution < 1.29 is 27.7 Å². The van der Waals surface area contributed by atoms with E-state index in [1.807, 2.05) is 61.2 Å². The molecule has 2 aliphatic rings. The van der Waals surface area contributed by atoms with E-state index in [1.165, 1.54) is 5.06 Å². The van der Waals surface area contributed by atoms with Crippen molar-refractivity contribution in [3.8, 4) is 0 Å². The second kappa shape index (κ2) is 12.7. The van der Waals surface area contributed by atoms with Crippen LogP contribution in [-0.2, 0) is 20.6 Å². The number of benzene rings is 3. The summed E-state index contributed by atoms with van der Waals surface area (Å²) in [5, 5.41) is 7.67.